The second-order valence-corrected chi connectivity index (χ2v) is 21.2. The molecule has 6 aromatic carbocycles. The molecule has 10 aromatic rings. The molecule has 0 saturated heterocycles. The van der Waals surface area contributed by atoms with Gasteiger partial charge in [-0.2, -0.15) is 0 Å². The first kappa shape index (κ1) is 53.0. The Labute approximate surface area is 441 Å². The van der Waals surface area contributed by atoms with E-state index in [2.05, 4.69) is 13.8 Å². The number of furan rings is 2. The Balaban J connectivity index is 0.000000186. The van der Waals surface area contributed by atoms with Crippen molar-refractivity contribution in [2.75, 3.05) is 0 Å². The van der Waals surface area contributed by atoms with Gasteiger partial charge in [0.15, 0.2) is 11.6 Å². The van der Waals surface area contributed by atoms with Crippen LogP contribution in [0.2, 0.25) is 0 Å². The fourth-order valence-electron chi connectivity index (χ4n) is 11.5. The molecular formula is C64H66F2N4O6. The van der Waals surface area contributed by atoms with E-state index in [1.54, 1.807) is 76.6 Å². The molecular weight excluding hydrogens is 959 g/mol. The van der Waals surface area contributed by atoms with Gasteiger partial charge in [-0.15, -0.1) is 0 Å². The molecule has 6 N–H and O–H groups in total. The Hall–Kier alpha value is -7.80. The molecule has 4 heterocycles. The number of aromatic nitrogens is 2. The number of nitrogens with two attached hydrogens (primary N) is 2. The minimum Gasteiger partial charge on any atom is -0.469 e. The van der Waals surface area contributed by atoms with Gasteiger partial charge in [-0.05, 0) is 126 Å². The van der Waals surface area contributed by atoms with Crippen molar-refractivity contribution in [3.05, 3.63) is 189 Å². The molecule has 0 spiro atoms. The van der Waals surface area contributed by atoms with Crippen LogP contribution in [0.1, 0.15) is 145 Å². The summed E-state index contributed by atoms with van der Waals surface area (Å²) in [5.41, 5.74) is 19.5. The molecule has 392 valence electrons. The van der Waals surface area contributed by atoms with Crippen molar-refractivity contribution >= 4 is 55.4 Å². The van der Waals surface area contributed by atoms with Crippen LogP contribution in [-0.4, -0.2) is 31.2 Å². The number of amides is 2. The molecule has 12 heteroatoms. The molecule has 10 nitrogen and oxygen atoms in total. The maximum atomic E-state index is 16.5. The van der Waals surface area contributed by atoms with Gasteiger partial charge in [0, 0.05) is 54.9 Å². The van der Waals surface area contributed by atoms with Crippen molar-refractivity contribution in [2.24, 2.45) is 11.5 Å². The van der Waals surface area contributed by atoms with Crippen LogP contribution in [0.15, 0.2) is 131 Å². The van der Waals surface area contributed by atoms with Gasteiger partial charge in [-0.1, -0.05) is 112 Å². The fourth-order valence-corrected chi connectivity index (χ4v) is 11.5. The highest BCUT2D eigenvalue weighted by atomic mass is 19.1. The van der Waals surface area contributed by atoms with Gasteiger partial charge in [0.25, 0.3) is 0 Å². The van der Waals surface area contributed by atoms with Gasteiger partial charge in [0.2, 0.25) is 11.8 Å². The van der Waals surface area contributed by atoms with Crippen LogP contribution in [-0.2, 0) is 11.2 Å². The van der Waals surface area contributed by atoms with Gasteiger partial charge in [-0.25, -0.2) is 8.78 Å². The molecule has 0 fully saturated rings. The zero-order chi connectivity index (χ0) is 54.7. The van der Waals surface area contributed by atoms with Crippen molar-refractivity contribution in [1.82, 2.24) is 9.13 Å². The number of benzene rings is 6. The number of aryl methyl sites for hydroxylation is 4. The molecule has 10 rings (SSSR count). The Morgan fingerprint density at radius 2 is 0.921 bits per heavy atom. The molecule has 0 saturated carbocycles. The number of primary amides is 2. The molecule has 4 aromatic heterocycles. The quantitative estimate of drug-likeness (QED) is 0.0847. The number of rotatable bonds is 14. The normalized spacial score (nSPS) is 12.9. The summed E-state index contributed by atoms with van der Waals surface area (Å²) in [5, 5.41) is 24.0. The molecule has 0 aliphatic rings. The third kappa shape index (κ3) is 9.27. The summed E-state index contributed by atoms with van der Waals surface area (Å²) in [6, 6.07) is 33.9. The molecule has 76 heavy (non-hydrogen) atoms. The Bertz CT molecular complexity index is 3560. The predicted molar refractivity (Wildman–Crippen MR) is 300 cm³/mol. The predicted octanol–water partition coefficient (Wildman–Crippen LogP) is 15.1. The van der Waals surface area contributed by atoms with Crippen molar-refractivity contribution in [3.8, 4) is 22.3 Å². The number of halogens is 2. The van der Waals surface area contributed by atoms with Crippen LogP contribution in [0.4, 0.5) is 8.78 Å². The van der Waals surface area contributed by atoms with E-state index in [0.29, 0.717) is 54.7 Å². The highest BCUT2D eigenvalue weighted by Gasteiger charge is 2.32. The van der Waals surface area contributed by atoms with Crippen molar-refractivity contribution in [1.29, 1.82) is 0 Å². The lowest BCUT2D eigenvalue weighted by Gasteiger charge is -2.24. The average Bonchev–Trinajstić information content (AvgIpc) is 4.14. The zero-order valence-electron chi connectivity index (χ0n) is 44.9. The zero-order valence-corrected chi connectivity index (χ0v) is 44.9. The van der Waals surface area contributed by atoms with Gasteiger partial charge in [-0.3, -0.25) is 9.59 Å². The molecule has 0 aliphatic carbocycles. The Kier molecular flexibility index (Phi) is 14.2. The van der Waals surface area contributed by atoms with E-state index >= 15 is 8.78 Å². The van der Waals surface area contributed by atoms with E-state index in [4.69, 9.17) is 20.3 Å². The number of hydrogen-bond donors (Lipinski definition) is 4. The van der Waals surface area contributed by atoms with E-state index in [-0.39, 0.29) is 23.2 Å². The van der Waals surface area contributed by atoms with Crippen LogP contribution < -0.4 is 11.5 Å². The van der Waals surface area contributed by atoms with E-state index in [1.807, 2.05) is 110 Å². The fraction of sp³-hybridized carbons (Fsp3) is 0.281. The molecule has 2 unspecified atom stereocenters. The number of hydrogen-bond acceptors (Lipinski definition) is 6. The lowest BCUT2D eigenvalue weighted by molar-refractivity contribution is 0.0741. The van der Waals surface area contributed by atoms with Gasteiger partial charge < -0.3 is 39.6 Å². The summed E-state index contributed by atoms with van der Waals surface area (Å²) in [6.07, 6.45) is 6.58. The molecule has 2 atom stereocenters. The van der Waals surface area contributed by atoms with Crippen LogP contribution in [0, 0.1) is 39.3 Å². The molecule has 2 amide bonds. The second kappa shape index (κ2) is 20.4. The first-order valence-electron chi connectivity index (χ1n) is 25.9. The summed E-state index contributed by atoms with van der Waals surface area (Å²) in [4.78, 5) is 25.8. The molecule has 0 aliphatic heterocycles. The van der Waals surface area contributed by atoms with Crippen molar-refractivity contribution < 1.29 is 37.4 Å². The molecule has 0 radical (unpaired) electrons. The van der Waals surface area contributed by atoms with E-state index in [1.165, 1.54) is 0 Å². The number of aliphatic hydroxyl groups is 2. The Morgan fingerprint density at radius 1 is 0.566 bits per heavy atom. The third-order valence-electron chi connectivity index (χ3n) is 14.9. The minimum atomic E-state index is -1.39. The number of carbonyl (C=O) groups is 2. The Morgan fingerprint density at radius 3 is 1.21 bits per heavy atom. The van der Waals surface area contributed by atoms with E-state index in [0.717, 1.165) is 81.7 Å². The lowest BCUT2D eigenvalue weighted by atomic mass is 9.94. The highest BCUT2D eigenvalue weighted by molar-refractivity contribution is 6.20. The van der Waals surface area contributed by atoms with Crippen molar-refractivity contribution in [3.63, 3.8) is 0 Å². The van der Waals surface area contributed by atoms with Crippen LogP contribution in [0.3, 0.4) is 0 Å². The maximum Gasteiger partial charge on any atom is 0.249 e. The monoisotopic (exact) mass is 1020 g/mol. The van der Waals surface area contributed by atoms with Gasteiger partial charge >= 0.3 is 0 Å². The van der Waals surface area contributed by atoms with Gasteiger partial charge in [0.05, 0.1) is 57.9 Å². The number of carbonyl (C=O) groups excluding carboxylic acids is 2. The van der Waals surface area contributed by atoms with Crippen LogP contribution >= 0.6 is 0 Å². The minimum absolute atomic E-state index is 0.194. The van der Waals surface area contributed by atoms with E-state index < -0.39 is 34.7 Å². The van der Waals surface area contributed by atoms with Crippen LogP contribution in [0.5, 0.6) is 0 Å². The molecule has 0 bridgehead atoms. The third-order valence-corrected chi connectivity index (χ3v) is 14.9. The van der Waals surface area contributed by atoms with Gasteiger partial charge in [0.1, 0.15) is 11.5 Å². The van der Waals surface area contributed by atoms with E-state index in [9.17, 15) is 19.8 Å². The maximum absolute atomic E-state index is 16.5. The smallest absolute Gasteiger partial charge is 0.249 e. The first-order chi connectivity index (χ1) is 36.1. The largest absolute Gasteiger partial charge is 0.469 e. The lowest BCUT2D eigenvalue weighted by Crippen LogP contribution is -2.19. The number of nitrogens with zero attached hydrogens (tertiary/aromatic N) is 2. The first-order valence-corrected chi connectivity index (χ1v) is 25.9. The summed E-state index contributed by atoms with van der Waals surface area (Å²) in [6.45, 7) is 18.1. The summed E-state index contributed by atoms with van der Waals surface area (Å²) >= 11 is 0. The number of fused-ring (bicyclic) bond motifs is 6. The van der Waals surface area contributed by atoms with Crippen molar-refractivity contribution in [2.45, 2.75) is 118 Å². The average molecular weight is 1030 g/mol. The highest BCUT2D eigenvalue weighted by Crippen LogP contribution is 2.46. The van der Waals surface area contributed by atoms with Crippen LogP contribution in [0.25, 0.3) is 65.9 Å². The second-order valence-electron chi connectivity index (χ2n) is 21.2. The standard InChI is InChI=1S/2C32H33FN2O3/c2*1-6-10-25(20-11-8-7-9-12-20)35-26-16-21(27-18(2)17-38-19(27)3)15-23(31(34)36)28(26)22-13-14-24(32(4,5)37)29(33)30(22)35/h2*7-9,11-17,25,37H,6,10H2,1-5H3,(H2,34,36). The summed E-state index contributed by atoms with van der Waals surface area (Å²) in [5.74, 6) is -0.735. The topological polar surface area (TPSA) is 163 Å². The summed E-state index contributed by atoms with van der Waals surface area (Å²) < 4.78 is 48.3. The SMILES string of the molecule is CCCC(c1ccccc1)n1c2cc(-c3c(C)coc3C)cc(C(N)=O)c2c2ccc(C(C)(C)O)c(F)c21.CCCC(c1ccccc1)n1c2cc(-c3c(C)coc3C)cc(C(N)=O)c2c2ccc(C(C)(C)O)c(F)c21. The summed E-state index contributed by atoms with van der Waals surface area (Å²) in [7, 11) is 0.